The molecule has 86 valence electrons. The Hall–Kier alpha value is -1.90. The van der Waals surface area contributed by atoms with Crippen LogP contribution in [-0.4, -0.2) is 16.9 Å². The second-order valence-corrected chi connectivity index (χ2v) is 3.97. The number of nitriles is 1. The molecular weight excluding hydrogens is 234 g/mol. The van der Waals surface area contributed by atoms with E-state index in [2.05, 4.69) is 11.2 Å². The number of nitrogens with zero attached hydrogens (tertiary/aromatic N) is 2. The van der Waals surface area contributed by atoms with E-state index in [-0.39, 0.29) is 0 Å². The van der Waals surface area contributed by atoms with Gasteiger partial charge in [0, 0.05) is 7.11 Å². The van der Waals surface area contributed by atoms with Gasteiger partial charge in [-0.2, -0.15) is 5.26 Å². The molecule has 0 spiro atoms. The van der Waals surface area contributed by atoms with Gasteiger partial charge in [-0.25, -0.2) is 4.68 Å². The van der Waals surface area contributed by atoms with Crippen LogP contribution in [0.1, 0.15) is 11.3 Å². The third-order valence-corrected chi connectivity index (χ3v) is 2.61. The average molecular weight is 245 g/mol. The van der Waals surface area contributed by atoms with Crippen molar-refractivity contribution < 1.29 is 4.74 Å². The number of benzene rings is 1. The lowest BCUT2D eigenvalue weighted by atomic mass is 10.2. The number of hydrogen-bond acceptors (Lipinski definition) is 3. The fourth-order valence-electron chi connectivity index (χ4n) is 1.58. The molecule has 0 aliphatic carbocycles. The molecule has 0 radical (unpaired) electrons. The molecule has 0 unspecified atom stereocenters. The SMILES string of the molecule is COCc1cc(=S)n(-c2cccc(C#N)c2)[nH]1. The summed E-state index contributed by atoms with van der Waals surface area (Å²) >= 11 is 5.24. The molecule has 0 bridgehead atoms. The molecule has 1 aromatic carbocycles. The van der Waals surface area contributed by atoms with Gasteiger partial charge < -0.3 is 4.74 Å². The molecule has 2 rings (SSSR count). The number of ether oxygens (including phenoxy) is 1. The van der Waals surface area contributed by atoms with E-state index in [4.69, 9.17) is 22.2 Å². The fourth-order valence-corrected chi connectivity index (χ4v) is 1.87. The van der Waals surface area contributed by atoms with Crippen LogP contribution in [0.15, 0.2) is 30.3 Å². The Labute approximate surface area is 104 Å². The minimum absolute atomic E-state index is 0.481. The van der Waals surface area contributed by atoms with Crippen molar-refractivity contribution in [2.75, 3.05) is 7.11 Å². The second-order valence-electron chi connectivity index (χ2n) is 3.55. The van der Waals surface area contributed by atoms with E-state index in [1.807, 2.05) is 18.2 Å². The van der Waals surface area contributed by atoms with Crippen LogP contribution in [0.4, 0.5) is 0 Å². The number of methoxy groups -OCH3 is 1. The van der Waals surface area contributed by atoms with Crippen molar-refractivity contribution in [2.45, 2.75) is 6.61 Å². The first-order valence-electron chi connectivity index (χ1n) is 5.05. The molecule has 0 amide bonds. The van der Waals surface area contributed by atoms with Gasteiger partial charge in [0.05, 0.1) is 29.6 Å². The molecule has 0 aliphatic rings. The van der Waals surface area contributed by atoms with E-state index in [1.54, 1.807) is 23.9 Å². The summed E-state index contributed by atoms with van der Waals surface area (Å²) in [5.41, 5.74) is 2.35. The number of hydrogen-bond donors (Lipinski definition) is 1. The van der Waals surface area contributed by atoms with Gasteiger partial charge in [-0.05, 0) is 24.3 Å². The van der Waals surface area contributed by atoms with Crippen LogP contribution in [0.3, 0.4) is 0 Å². The maximum absolute atomic E-state index is 8.85. The number of nitrogens with one attached hydrogen (secondary N) is 1. The smallest absolute Gasteiger partial charge is 0.128 e. The van der Waals surface area contributed by atoms with Crippen molar-refractivity contribution in [1.82, 2.24) is 9.78 Å². The predicted molar refractivity (Wildman–Crippen MR) is 66.4 cm³/mol. The Balaban J connectivity index is 2.46. The quantitative estimate of drug-likeness (QED) is 0.845. The highest BCUT2D eigenvalue weighted by Gasteiger charge is 2.03. The second kappa shape index (κ2) is 4.95. The van der Waals surface area contributed by atoms with Crippen molar-refractivity contribution in [3.8, 4) is 11.8 Å². The van der Waals surface area contributed by atoms with Crippen LogP contribution < -0.4 is 0 Å². The standard InChI is InChI=1S/C12H11N3OS/c1-16-8-10-6-12(17)15(14-10)11-4-2-3-9(5-11)7-13/h2-6,14H,8H2,1H3. The summed E-state index contributed by atoms with van der Waals surface area (Å²) in [5, 5.41) is 12.0. The third kappa shape index (κ3) is 2.44. The maximum atomic E-state index is 8.85. The summed E-state index contributed by atoms with van der Waals surface area (Å²) in [6, 6.07) is 11.2. The summed E-state index contributed by atoms with van der Waals surface area (Å²) in [7, 11) is 1.63. The van der Waals surface area contributed by atoms with E-state index >= 15 is 0 Å². The molecule has 2 aromatic rings. The Morgan fingerprint density at radius 2 is 2.29 bits per heavy atom. The van der Waals surface area contributed by atoms with Gasteiger partial charge in [0.15, 0.2) is 0 Å². The van der Waals surface area contributed by atoms with Gasteiger partial charge in [-0.15, -0.1) is 0 Å². The third-order valence-electron chi connectivity index (χ3n) is 2.31. The van der Waals surface area contributed by atoms with Crippen molar-refractivity contribution in [3.05, 3.63) is 46.2 Å². The van der Waals surface area contributed by atoms with Gasteiger partial charge in [0.2, 0.25) is 0 Å². The van der Waals surface area contributed by atoms with Gasteiger partial charge in [0.1, 0.15) is 4.64 Å². The van der Waals surface area contributed by atoms with E-state index in [1.165, 1.54) is 0 Å². The molecule has 1 heterocycles. The summed E-state index contributed by atoms with van der Waals surface area (Å²) in [6.07, 6.45) is 0. The van der Waals surface area contributed by atoms with Crippen molar-refractivity contribution in [1.29, 1.82) is 5.26 Å². The lowest BCUT2D eigenvalue weighted by molar-refractivity contribution is 0.181. The predicted octanol–water partition coefficient (Wildman–Crippen LogP) is 2.55. The Bertz CT molecular complexity index is 621. The molecule has 0 saturated carbocycles. The molecule has 0 fully saturated rings. The first-order chi connectivity index (χ1) is 8.24. The summed E-state index contributed by atoms with van der Waals surface area (Å²) in [5.74, 6) is 0. The number of rotatable bonds is 3. The highest BCUT2D eigenvalue weighted by molar-refractivity contribution is 7.71. The largest absolute Gasteiger partial charge is 0.378 e. The zero-order chi connectivity index (χ0) is 12.3. The van der Waals surface area contributed by atoms with Crippen molar-refractivity contribution in [3.63, 3.8) is 0 Å². The van der Waals surface area contributed by atoms with Crippen LogP contribution in [0.5, 0.6) is 0 Å². The van der Waals surface area contributed by atoms with Gasteiger partial charge in [0.25, 0.3) is 0 Å². The number of aromatic nitrogens is 2. The molecule has 5 heteroatoms. The number of aromatic amines is 1. The molecule has 1 aromatic heterocycles. The summed E-state index contributed by atoms with van der Waals surface area (Å²) < 4.78 is 7.45. The number of H-pyrrole nitrogens is 1. The van der Waals surface area contributed by atoms with E-state index < -0.39 is 0 Å². The van der Waals surface area contributed by atoms with Crippen LogP contribution in [0, 0.1) is 16.0 Å². The molecule has 0 atom stereocenters. The zero-order valence-corrected chi connectivity index (χ0v) is 10.1. The topological polar surface area (TPSA) is 53.7 Å². The fraction of sp³-hybridized carbons (Fsp3) is 0.167. The summed E-state index contributed by atoms with van der Waals surface area (Å²) in [4.78, 5) is 0. The van der Waals surface area contributed by atoms with Crippen LogP contribution >= 0.6 is 12.2 Å². The minimum Gasteiger partial charge on any atom is -0.378 e. The van der Waals surface area contributed by atoms with E-state index in [0.29, 0.717) is 16.8 Å². The zero-order valence-electron chi connectivity index (χ0n) is 9.30. The lowest BCUT2D eigenvalue weighted by Crippen LogP contribution is -1.98. The highest BCUT2D eigenvalue weighted by atomic mass is 32.1. The Morgan fingerprint density at radius 1 is 1.47 bits per heavy atom. The lowest BCUT2D eigenvalue weighted by Gasteiger charge is -2.03. The first-order valence-corrected chi connectivity index (χ1v) is 5.46. The molecule has 17 heavy (non-hydrogen) atoms. The maximum Gasteiger partial charge on any atom is 0.128 e. The molecule has 0 saturated heterocycles. The Morgan fingerprint density at radius 3 is 3.00 bits per heavy atom. The van der Waals surface area contributed by atoms with Crippen LogP contribution in [0.2, 0.25) is 0 Å². The normalized spacial score (nSPS) is 10.1. The van der Waals surface area contributed by atoms with Gasteiger partial charge in [-0.3, -0.25) is 5.10 Å². The van der Waals surface area contributed by atoms with Gasteiger partial charge in [-0.1, -0.05) is 18.3 Å². The Kier molecular flexibility index (Phi) is 3.38. The van der Waals surface area contributed by atoms with Crippen LogP contribution in [-0.2, 0) is 11.3 Å². The van der Waals surface area contributed by atoms with Gasteiger partial charge >= 0.3 is 0 Å². The molecular formula is C12H11N3OS. The molecule has 1 N–H and O–H groups in total. The molecule has 0 aliphatic heterocycles. The van der Waals surface area contributed by atoms with Crippen molar-refractivity contribution in [2.24, 2.45) is 0 Å². The van der Waals surface area contributed by atoms with E-state index in [0.717, 1.165) is 11.4 Å². The van der Waals surface area contributed by atoms with Crippen molar-refractivity contribution >= 4 is 12.2 Å². The highest BCUT2D eigenvalue weighted by Crippen LogP contribution is 2.12. The molecule has 4 nitrogen and oxygen atoms in total. The monoisotopic (exact) mass is 245 g/mol. The minimum atomic E-state index is 0.481. The van der Waals surface area contributed by atoms with Crippen LogP contribution in [0.25, 0.3) is 5.69 Å². The first kappa shape index (κ1) is 11.6. The average Bonchev–Trinajstić information content (AvgIpc) is 2.71. The van der Waals surface area contributed by atoms with E-state index in [9.17, 15) is 0 Å². The summed E-state index contributed by atoms with van der Waals surface area (Å²) in [6.45, 7) is 0.481.